The summed E-state index contributed by atoms with van der Waals surface area (Å²) in [6.45, 7) is 17.8. The molecule has 1 saturated heterocycles. The Balaban J connectivity index is 1.42. The average molecular weight is 464 g/mol. The molecule has 0 spiro atoms. The summed E-state index contributed by atoms with van der Waals surface area (Å²) in [6, 6.07) is 10.2. The molecule has 1 aromatic carbocycles. The minimum Gasteiger partial charge on any atom is -0.308 e. The van der Waals surface area contributed by atoms with E-state index in [1.54, 1.807) is 6.08 Å². The van der Waals surface area contributed by atoms with Gasteiger partial charge in [-0.1, -0.05) is 31.2 Å². The van der Waals surface area contributed by atoms with Crippen molar-refractivity contribution in [2.24, 2.45) is 0 Å². The Morgan fingerprint density at radius 2 is 1.71 bits per heavy atom. The Hall–Kier alpha value is -2.57. The van der Waals surface area contributed by atoms with Gasteiger partial charge in [-0.15, -0.1) is 0 Å². The number of hydrogen-bond acceptors (Lipinski definition) is 4. The van der Waals surface area contributed by atoms with Gasteiger partial charge in [-0.2, -0.15) is 0 Å². The molecule has 5 nitrogen and oxygen atoms in total. The average Bonchev–Trinajstić information content (AvgIpc) is 3.12. The van der Waals surface area contributed by atoms with E-state index in [4.69, 9.17) is 9.97 Å². The van der Waals surface area contributed by atoms with E-state index in [-0.39, 0.29) is 11.4 Å². The van der Waals surface area contributed by atoms with Gasteiger partial charge in [0.25, 0.3) is 0 Å². The van der Waals surface area contributed by atoms with E-state index in [9.17, 15) is 4.39 Å². The van der Waals surface area contributed by atoms with Crippen LogP contribution in [0.15, 0.2) is 36.2 Å². The highest BCUT2D eigenvalue weighted by Crippen LogP contribution is 2.22. The van der Waals surface area contributed by atoms with Gasteiger partial charge in [0.05, 0.1) is 13.1 Å². The van der Waals surface area contributed by atoms with E-state index in [2.05, 4.69) is 67.2 Å². The van der Waals surface area contributed by atoms with E-state index in [0.29, 0.717) is 13.1 Å². The fraction of sp³-hybridized carbons (Fsp3) is 0.500. The number of fused-ring (bicyclic) bond motifs is 1. The number of piperazine rings is 1. The first-order chi connectivity index (χ1) is 16.1. The van der Waals surface area contributed by atoms with Crippen LogP contribution in [-0.4, -0.2) is 62.6 Å². The van der Waals surface area contributed by atoms with Gasteiger partial charge in [0.1, 0.15) is 17.2 Å². The molecule has 0 atom stereocenters. The van der Waals surface area contributed by atoms with Crippen molar-refractivity contribution in [3.8, 4) is 0 Å². The highest BCUT2D eigenvalue weighted by molar-refractivity contribution is 5.76. The highest BCUT2D eigenvalue weighted by Gasteiger charge is 2.26. The second-order valence-corrected chi connectivity index (χ2v) is 10.5. The molecular weight excluding hydrogens is 425 g/mol. The van der Waals surface area contributed by atoms with Gasteiger partial charge >= 0.3 is 0 Å². The summed E-state index contributed by atoms with van der Waals surface area (Å²) in [4.78, 5) is 14.3. The Morgan fingerprint density at radius 1 is 1.03 bits per heavy atom. The van der Waals surface area contributed by atoms with Crippen LogP contribution in [0.5, 0.6) is 0 Å². The quantitative estimate of drug-likeness (QED) is 0.492. The predicted octanol–water partition coefficient (Wildman–Crippen LogP) is 5.39. The number of rotatable bonds is 6. The maximum Gasteiger partial charge on any atom is 0.160 e. The van der Waals surface area contributed by atoms with Crippen LogP contribution in [0.2, 0.25) is 0 Å². The molecule has 0 bridgehead atoms. The second-order valence-electron chi connectivity index (χ2n) is 10.5. The molecule has 1 aliphatic rings. The first-order valence-electron chi connectivity index (χ1n) is 12.4. The van der Waals surface area contributed by atoms with E-state index < -0.39 is 0 Å². The zero-order valence-corrected chi connectivity index (χ0v) is 21.5. The lowest BCUT2D eigenvalue weighted by Crippen LogP contribution is -2.53. The largest absolute Gasteiger partial charge is 0.308 e. The summed E-state index contributed by atoms with van der Waals surface area (Å²) in [7, 11) is 0. The first-order valence-corrected chi connectivity index (χ1v) is 12.4. The number of nitrogens with zero attached hydrogens (tertiary/aromatic N) is 5. The zero-order valence-electron chi connectivity index (χ0n) is 21.5. The Morgan fingerprint density at radius 3 is 2.32 bits per heavy atom. The Kier molecular flexibility index (Phi) is 7.20. The van der Waals surface area contributed by atoms with Crippen molar-refractivity contribution in [1.29, 1.82) is 0 Å². The highest BCUT2D eigenvalue weighted by atomic mass is 19.1. The van der Waals surface area contributed by atoms with Crippen LogP contribution in [0.1, 0.15) is 55.9 Å². The van der Waals surface area contributed by atoms with Crippen molar-refractivity contribution >= 4 is 17.2 Å². The summed E-state index contributed by atoms with van der Waals surface area (Å²) in [6.07, 6.45) is 2.52. The number of imidazole rings is 1. The van der Waals surface area contributed by atoms with Crippen molar-refractivity contribution < 1.29 is 4.39 Å². The molecule has 6 heteroatoms. The smallest absolute Gasteiger partial charge is 0.160 e. The topological polar surface area (TPSA) is 37.2 Å². The Bertz CT molecular complexity index is 1160. The number of aromatic nitrogens is 3. The van der Waals surface area contributed by atoms with E-state index >= 15 is 0 Å². The predicted molar refractivity (Wildman–Crippen MR) is 139 cm³/mol. The molecule has 0 saturated carbocycles. The lowest BCUT2D eigenvalue weighted by atomic mass is 10.0. The minimum absolute atomic E-state index is 0.0824. The van der Waals surface area contributed by atoms with E-state index in [1.807, 2.05) is 19.1 Å². The van der Waals surface area contributed by atoms with Gasteiger partial charge in [0, 0.05) is 43.8 Å². The molecule has 34 heavy (non-hydrogen) atoms. The van der Waals surface area contributed by atoms with Gasteiger partial charge in [-0.25, -0.2) is 14.4 Å². The number of pyridine rings is 1. The van der Waals surface area contributed by atoms with Crippen LogP contribution in [0.3, 0.4) is 0 Å². The maximum atomic E-state index is 14.7. The summed E-state index contributed by atoms with van der Waals surface area (Å²) in [5.41, 5.74) is 6.31. The summed E-state index contributed by atoms with van der Waals surface area (Å²) in [5.74, 6) is 0.957. The molecule has 4 rings (SSSR count). The molecule has 0 amide bonds. The molecular formula is C28H38FN5. The molecule has 3 heterocycles. The molecule has 1 fully saturated rings. The second kappa shape index (κ2) is 9.96. The van der Waals surface area contributed by atoms with Crippen molar-refractivity contribution in [2.75, 3.05) is 32.7 Å². The third-order valence-corrected chi connectivity index (χ3v) is 6.76. The molecule has 0 N–H and O–H groups in total. The number of hydrogen-bond donors (Lipinski definition) is 0. The van der Waals surface area contributed by atoms with Crippen LogP contribution in [0.25, 0.3) is 17.2 Å². The van der Waals surface area contributed by atoms with Crippen molar-refractivity contribution in [2.45, 2.75) is 60.0 Å². The third kappa shape index (κ3) is 5.56. The number of benzene rings is 1. The van der Waals surface area contributed by atoms with Crippen LogP contribution in [0, 0.1) is 13.8 Å². The number of aryl methyl sites for hydroxylation is 3. The molecule has 0 aliphatic carbocycles. The summed E-state index contributed by atoms with van der Waals surface area (Å²) in [5, 5.41) is 0. The van der Waals surface area contributed by atoms with E-state index in [1.165, 1.54) is 0 Å². The lowest BCUT2D eigenvalue weighted by molar-refractivity contribution is 0.0645. The monoisotopic (exact) mass is 463 g/mol. The van der Waals surface area contributed by atoms with Gasteiger partial charge in [-0.05, 0) is 63.5 Å². The van der Waals surface area contributed by atoms with Crippen LogP contribution < -0.4 is 0 Å². The molecule has 2 aromatic heterocycles. The number of halogens is 1. The minimum atomic E-state index is -0.0824. The maximum absolute atomic E-state index is 14.7. The molecule has 182 valence electrons. The van der Waals surface area contributed by atoms with Crippen LogP contribution in [0.4, 0.5) is 4.39 Å². The van der Waals surface area contributed by atoms with Gasteiger partial charge in [0.15, 0.2) is 5.65 Å². The normalized spacial score (nSPS) is 16.5. The fourth-order valence-corrected chi connectivity index (χ4v) is 4.80. The van der Waals surface area contributed by atoms with Crippen LogP contribution in [-0.2, 0) is 13.0 Å². The Labute approximate surface area is 203 Å². The van der Waals surface area contributed by atoms with Crippen LogP contribution >= 0.6 is 0 Å². The molecule has 1 aliphatic heterocycles. The summed E-state index contributed by atoms with van der Waals surface area (Å²) >= 11 is 0. The zero-order chi connectivity index (χ0) is 24.5. The molecule has 0 unspecified atom stereocenters. The fourth-order valence-electron chi connectivity index (χ4n) is 4.80. The standard InChI is InChI=1S/C28H38FN5/c1-7-25-31-26-20(2)16-21(3)30-27(26)34(25)18-23-10-8-22(9-11-23)17-24(29)19-32-12-14-33(15-13-32)28(4,5)6/h8-11,16-17H,7,12-15,18-19H2,1-6H3. The van der Waals surface area contributed by atoms with Crippen molar-refractivity contribution in [3.63, 3.8) is 0 Å². The van der Waals surface area contributed by atoms with Gasteiger partial charge in [-0.3, -0.25) is 9.80 Å². The van der Waals surface area contributed by atoms with E-state index in [0.717, 1.165) is 72.0 Å². The molecule has 0 radical (unpaired) electrons. The SMILES string of the molecule is CCc1nc2c(C)cc(C)nc2n1Cc1ccc(C=C(F)CN2CCN(C(C)(C)C)CC2)cc1. The third-order valence-electron chi connectivity index (χ3n) is 6.76. The first kappa shape index (κ1) is 24.6. The summed E-state index contributed by atoms with van der Waals surface area (Å²) < 4.78 is 17.0. The van der Waals surface area contributed by atoms with Crippen molar-refractivity contribution in [3.05, 3.63) is 64.4 Å². The van der Waals surface area contributed by atoms with Gasteiger partial charge < -0.3 is 4.57 Å². The van der Waals surface area contributed by atoms with Gasteiger partial charge in [0.2, 0.25) is 0 Å². The van der Waals surface area contributed by atoms with Crippen molar-refractivity contribution in [1.82, 2.24) is 24.3 Å². The lowest BCUT2D eigenvalue weighted by Gasteiger charge is -2.42. The molecule has 3 aromatic rings.